The monoisotopic (exact) mass is 450 g/mol. The van der Waals surface area contributed by atoms with Crippen molar-refractivity contribution in [2.45, 2.75) is 38.8 Å². The number of amides is 1. The second-order valence-electron chi connectivity index (χ2n) is 8.47. The highest BCUT2D eigenvalue weighted by atomic mass is 35.5. The van der Waals surface area contributed by atoms with Crippen LogP contribution in [0.4, 0.5) is 4.39 Å². The van der Waals surface area contributed by atoms with Gasteiger partial charge in [0.25, 0.3) is 5.91 Å². The maximum atomic E-state index is 13.1. The van der Waals surface area contributed by atoms with Crippen LogP contribution in [0.25, 0.3) is 0 Å². The summed E-state index contributed by atoms with van der Waals surface area (Å²) in [7, 11) is 0. The standard InChI is InChI=1S/C27H28ClFN2O/c1-19-24(7-4-8-26(19)28)27(32)30-17-22-5-2-3-6-25(22)21-13-15-31(16-14-21)18-20-9-11-23(29)12-10-20/h2-12,21H,13-18H2,1H3,(H,30,32). The van der Waals surface area contributed by atoms with E-state index in [9.17, 15) is 9.18 Å². The first kappa shape index (κ1) is 22.5. The van der Waals surface area contributed by atoms with E-state index in [4.69, 9.17) is 11.6 Å². The summed E-state index contributed by atoms with van der Waals surface area (Å²) in [6, 6.07) is 20.6. The molecule has 1 N–H and O–H groups in total. The first-order chi connectivity index (χ1) is 15.5. The largest absolute Gasteiger partial charge is 0.348 e. The van der Waals surface area contributed by atoms with E-state index in [2.05, 4.69) is 28.4 Å². The Morgan fingerprint density at radius 3 is 2.50 bits per heavy atom. The number of nitrogens with one attached hydrogen (secondary N) is 1. The Hall–Kier alpha value is -2.69. The van der Waals surface area contributed by atoms with Crippen LogP contribution in [0.1, 0.15) is 51.4 Å². The van der Waals surface area contributed by atoms with E-state index in [-0.39, 0.29) is 11.7 Å². The lowest BCUT2D eigenvalue weighted by Crippen LogP contribution is -2.33. The minimum atomic E-state index is -0.193. The molecule has 3 nitrogen and oxygen atoms in total. The van der Waals surface area contributed by atoms with E-state index in [0.717, 1.165) is 49.2 Å². The average molecular weight is 451 g/mol. The molecule has 3 aromatic carbocycles. The molecule has 1 heterocycles. The predicted octanol–water partition coefficient (Wildman–Crippen LogP) is 6.10. The number of hydrogen-bond donors (Lipinski definition) is 1. The molecule has 0 saturated carbocycles. The molecular formula is C27H28ClFN2O. The lowest BCUT2D eigenvalue weighted by Gasteiger charge is -2.33. The van der Waals surface area contributed by atoms with E-state index in [1.54, 1.807) is 18.2 Å². The fourth-order valence-electron chi connectivity index (χ4n) is 4.47. The van der Waals surface area contributed by atoms with E-state index < -0.39 is 0 Å². The van der Waals surface area contributed by atoms with E-state index >= 15 is 0 Å². The Bertz CT molecular complexity index is 1080. The number of piperidine rings is 1. The summed E-state index contributed by atoms with van der Waals surface area (Å²) in [6.07, 6.45) is 2.14. The van der Waals surface area contributed by atoms with Gasteiger partial charge < -0.3 is 5.32 Å². The first-order valence-electron chi connectivity index (χ1n) is 11.1. The van der Waals surface area contributed by atoms with Gasteiger partial charge in [-0.1, -0.05) is 54.1 Å². The molecule has 166 valence electrons. The molecule has 32 heavy (non-hydrogen) atoms. The van der Waals surface area contributed by atoms with Crippen molar-refractivity contribution in [2.24, 2.45) is 0 Å². The fraction of sp³-hybridized carbons (Fsp3) is 0.296. The minimum Gasteiger partial charge on any atom is -0.348 e. The summed E-state index contributed by atoms with van der Waals surface area (Å²) in [5.74, 6) is 0.177. The van der Waals surface area contributed by atoms with E-state index in [1.807, 2.05) is 25.1 Å². The van der Waals surface area contributed by atoms with Crippen LogP contribution in [0, 0.1) is 12.7 Å². The predicted molar refractivity (Wildman–Crippen MR) is 127 cm³/mol. The van der Waals surface area contributed by atoms with Crippen molar-refractivity contribution in [1.29, 1.82) is 0 Å². The molecule has 1 saturated heterocycles. The lowest BCUT2D eigenvalue weighted by atomic mass is 9.86. The van der Waals surface area contributed by atoms with Gasteiger partial charge in [0.05, 0.1) is 0 Å². The molecule has 0 aliphatic carbocycles. The van der Waals surface area contributed by atoms with Crippen LogP contribution >= 0.6 is 11.6 Å². The third-order valence-electron chi connectivity index (χ3n) is 6.35. The molecule has 0 bridgehead atoms. The van der Waals surface area contributed by atoms with E-state index in [1.165, 1.54) is 17.7 Å². The van der Waals surface area contributed by atoms with Gasteiger partial charge in [0.15, 0.2) is 0 Å². The van der Waals surface area contributed by atoms with Gasteiger partial charge in [0.2, 0.25) is 0 Å². The molecule has 0 atom stereocenters. The number of rotatable bonds is 6. The zero-order valence-corrected chi connectivity index (χ0v) is 19.0. The van der Waals surface area contributed by atoms with Gasteiger partial charge in [0, 0.05) is 23.7 Å². The van der Waals surface area contributed by atoms with Crippen molar-refractivity contribution in [1.82, 2.24) is 10.2 Å². The lowest BCUT2D eigenvalue weighted by molar-refractivity contribution is 0.0950. The molecule has 0 unspecified atom stereocenters. The van der Waals surface area contributed by atoms with Crippen LogP contribution < -0.4 is 5.32 Å². The van der Waals surface area contributed by atoms with Gasteiger partial charge in [-0.05, 0) is 85.3 Å². The van der Waals surface area contributed by atoms with Gasteiger partial charge >= 0.3 is 0 Å². The molecule has 0 radical (unpaired) electrons. The highest BCUT2D eigenvalue weighted by molar-refractivity contribution is 6.31. The zero-order valence-electron chi connectivity index (χ0n) is 18.3. The SMILES string of the molecule is Cc1c(Cl)cccc1C(=O)NCc1ccccc1C1CCN(Cc2ccc(F)cc2)CC1. The highest BCUT2D eigenvalue weighted by Crippen LogP contribution is 2.31. The molecule has 1 aliphatic rings. The Morgan fingerprint density at radius 1 is 1.03 bits per heavy atom. The molecule has 0 aromatic heterocycles. The molecule has 4 rings (SSSR count). The Morgan fingerprint density at radius 2 is 1.75 bits per heavy atom. The smallest absolute Gasteiger partial charge is 0.251 e. The second kappa shape index (κ2) is 10.3. The quantitative estimate of drug-likeness (QED) is 0.492. The summed E-state index contributed by atoms with van der Waals surface area (Å²) in [5.41, 5.74) is 5.04. The molecule has 1 amide bonds. The van der Waals surface area contributed by atoms with Crippen molar-refractivity contribution < 1.29 is 9.18 Å². The summed E-state index contributed by atoms with van der Waals surface area (Å²) < 4.78 is 13.1. The number of carbonyl (C=O) groups excluding carboxylic acids is 1. The van der Waals surface area contributed by atoms with Gasteiger partial charge in [-0.15, -0.1) is 0 Å². The van der Waals surface area contributed by atoms with Gasteiger partial charge in [-0.2, -0.15) is 0 Å². The molecular weight excluding hydrogens is 423 g/mol. The van der Waals surface area contributed by atoms with Crippen molar-refractivity contribution in [3.63, 3.8) is 0 Å². The number of nitrogens with zero attached hydrogens (tertiary/aromatic N) is 1. The second-order valence-corrected chi connectivity index (χ2v) is 8.88. The van der Waals surface area contributed by atoms with Crippen LogP contribution in [0.2, 0.25) is 5.02 Å². The number of hydrogen-bond acceptors (Lipinski definition) is 2. The maximum absolute atomic E-state index is 13.1. The van der Waals surface area contributed by atoms with Crippen molar-refractivity contribution in [3.8, 4) is 0 Å². The third-order valence-corrected chi connectivity index (χ3v) is 6.76. The Kier molecular flexibility index (Phi) is 7.23. The molecule has 1 fully saturated rings. The fourth-order valence-corrected chi connectivity index (χ4v) is 4.64. The normalized spacial score (nSPS) is 15.0. The Balaban J connectivity index is 1.37. The highest BCUT2D eigenvalue weighted by Gasteiger charge is 2.22. The summed E-state index contributed by atoms with van der Waals surface area (Å²) in [5, 5.41) is 3.67. The molecule has 0 spiro atoms. The number of carbonyl (C=O) groups is 1. The van der Waals surface area contributed by atoms with Crippen LogP contribution in [0.15, 0.2) is 66.7 Å². The third kappa shape index (κ3) is 5.37. The maximum Gasteiger partial charge on any atom is 0.251 e. The van der Waals surface area contributed by atoms with Crippen LogP contribution in [0.5, 0.6) is 0 Å². The van der Waals surface area contributed by atoms with E-state index in [0.29, 0.717) is 23.0 Å². The average Bonchev–Trinajstić information content (AvgIpc) is 2.81. The first-order valence-corrected chi connectivity index (χ1v) is 11.5. The van der Waals surface area contributed by atoms with Crippen molar-refractivity contribution in [2.75, 3.05) is 13.1 Å². The van der Waals surface area contributed by atoms with Crippen molar-refractivity contribution in [3.05, 3.63) is 105 Å². The van der Waals surface area contributed by atoms with Crippen LogP contribution in [-0.2, 0) is 13.1 Å². The molecule has 3 aromatic rings. The molecule has 5 heteroatoms. The minimum absolute atomic E-state index is 0.103. The van der Waals surface area contributed by atoms with Crippen LogP contribution in [-0.4, -0.2) is 23.9 Å². The van der Waals surface area contributed by atoms with Crippen molar-refractivity contribution >= 4 is 17.5 Å². The zero-order chi connectivity index (χ0) is 22.5. The summed E-state index contributed by atoms with van der Waals surface area (Å²) in [6.45, 7) is 5.22. The number of benzene rings is 3. The van der Waals surface area contributed by atoms with Gasteiger partial charge in [0.1, 0.15) is 5.82 Å². The summed E-state index contributed by atoms with van der Waals surface area (Å²) in [4.78, 5) is 15.1. The van der Waals surface area contributed by atoms with Gasteiger partial charge in [-0.3, -0.25) is 9.69 Å². The number of likely N-dealkylation sites (tertiary alicyclic amines) is 1. The van der Waals surface area contributed by atoms with Gasteiger partial charge in [-0.25, -0.2) is 4.39 Å². The Labute approximate surface area is 194 Å². The van der Waals surface area contributed by atoms with Crippen LogP contribution in [0.3, 0.4) is 0 Å². The summed E-state index contributed by atoms with van der Waals surface area (Å²) >= 11 is 6.17. The number of halogens is 2. The molecule has 1 aliphatic heterocycles. The topological polar surface area (TPSA) is 32.3 Å².